The van der Waals surface area contributed by atoms with Crippen LogP contribution in [0.2, 0.25) is 0 Å². The van der Waals surface area contributed by atoms with Crippen molar-refractivity contribution >= 4 is 29.2 Å². The van der Waals surface area contributed by atoms with E-state index in [9.17, 15) is 4.39 Å². The summed E-state index contributed by atoms with van der Waals surface area (Å²) in [7, 11) is 1.63. The van der Waals surface area contributed by atoms with Crippen LogP contribution >= 0.6 is 12.2 Å². The SMILES string of the molecule is COc1ccc2ccccc2c1/C=N\n1c(Cc2ccc(F)cc2)n[nH]c1=S. The number of halogens is 1. The van der Waals surface area contributed by atoms with Gasteiger partial charge in [0.2, 0.25) is 4.77 Å². The van der Waals surface area contributed by atoms with Crippen molar-refractivity contribution in [3.63, 3.8) is 0 Å². The molecule has 0 aliphatic rings. The van der Waals surface area contributed by atoms with Crippen molar-refractivity contribution in [2.45, 2.75) is 6.42 Å². The molecule has 0 atom stereocenters. The minimum Gasteiger partial charge on any atom is -0.496 e. The Morgan fingerprint density at radius 3 is 2.71 bits per heavy atom. The van der Waals surface area contributed by atoms with E-state index in [1.807, 2.05) is 36.4 Å². The molecular formula is C21H17FN4OS. The number of H-pyrrole nitrogens is 1. The van der Waals surface area contributed by atoms with Gasteiger partial charge < -0.3 is 4.74 Å². The lowest BCUT2D eigenvalue weighted by molar-refractivity contribution is 0.415. The summed E-state index contributed by atoms with van der Waals surface area (Å²) in [6, 6.07) is 18.2. The summed E-state index contributed by atoms with van der Waals surface area (Å²) in [5.41, 5.74) is 1.77. The van der Waals surface area contributed by atoms with E-state index in [-0.39, 0.29) is 5.82 Å². The number of aromatic amines is 1. The molecule has 0 radical (unpaired) electrons. The number of nitrogens with one attached hydrogen (secondary N) is 1. The highest BCUT2D eigenvalue weighted by Gasteiger charge is 2.09. The first-order chi connectivity index (χ1) is 13.7. The van der Waals surface area contributed by atoms with E-state index >= 15 is 0 Å². The van der Waals surface area contributed by atoms with Crippen molar-refractivity contribution in [1.29, 1.82) is 0 Å². The second kappa shape index (κ2) is 7.74. The van der Waals surface area contributed by atoms with E-state index in [4.69, 9.17) is 17.0 Å². The maximum absolute atomic E-state index is 13.1. The molecule has 0 fully saturated rings. The lowest BCUT2D eigenvalue weighted by Crippen LogP contribution is -2.01. The minimum atomic E-state index is -0.274. The summed E-state index contributed by atoms with van der Waals surface area (Å²) in [5.74, 6) is 1.08. The van der Waals surface area contributed by atoms with Gasteiger partial charge in [0, 0.05) is 12.0 Å². The summed E-state index contributed by atoms with van der Waals surface area (Å²) < 4.78 is 20.6. The molecule has 1 aromatic heterocycles. The van der Waals surface area contributed by atoms with Gasteiger partial charge >= 0.3 is 0 Å². The van der Waals surface area contributed by atoms with Crippen LogP contribution < -0.4 is 4.74 Å². The van der Waals surface area contributed by atoms with Crippen molar-refractivity contribution < 1.29 is 9.13 Å². The molecule has 0 saturated heterocycles. The summed E-state index contributed by atoms with van der Waals surface area (Å²) in [6.07, 6.45) is 2.19. The van der Waals surface area contributed by atoms with E-state index in [1.165, 1.54) is 12.1 Å². The number of hydrogen-bond donors (Lipinski definition) is 1. The molecule has 5 nitrogen and oxygen atoms in total. The number of ether oxygens (including phenoxy) is 1. The van der Waals surface area contributed by atoms with E-state index in [0.717, 1.165) is 27.6 Å². The van der Waals surface area contributed by atoms with Crippen molar-refractivity contribution in [3.8, 4) is 5.75 Å². The van der Waals surface area contributed by atoms with Gasteiger partial charge in [-0.1, -0.05) is 42.5 Å². The fourth-order valence-corrected chi connectivity index (χ4v) is 3.24. The fraction of sp³-hybridized carbons (Fsp3) is 0.0952. The average molecular weight is 392 g/mol. The Hall–Kier alpha value is -3.32. The first-order valence-corrected chi connectivity index (χ1v) is 9.07. The number of aromatic nitrogens is 3. The van der Waals surface area contributed by atoms with Gasteiger partial charge in [-0.15, -0.1) is 0 Å². The van der Waals surface area contributed by atoms with Crippen molar-refractivity contribution in [1.82, 2.24) is 14.9 Å². The number of fused-ring (bicyclic) bond motifs is 1. The van der Waals surface area contributed by atoms with Crippen LogP contribution in [0.15, 0.2) is 65.8 Å². The van der Waals surface area contributed by atoms with Crippen LogP contribution in [0.3, 0.4) is 0 Å². The molecule has 0 spiro atoms. The summed E-state index contributed by atoms with van der Waals surface area (Å²) in [5, 5.41) is 13.7. The van der Waals surface area contributed by atoms with Gasteiger partial charge in [-0.25, -0.2) is 4.39 Å². The molecule has 0 amide bonds. The Morgan fingerprint density at radius 1 is 1.14 bits per heavy atom. The zero-order valence-corrected chi connectivity index (χ0v) is 15.9. The van der Waals surface area contributed by atoms with Crippen LogP contribution in [0.25, 0.3) is 10.8 Å². The second-order valence-electron chi connectivity index (χ2n) is 6.21. The molecule has 28 heavy (non-hydrogen) atoms. The molecule has 4 rings (SSSR count). The maximum atomic E-state index is 13.1. The Morgan fingerprint density at radius 2 is 1.93 bits per heavy atom. The smallest absolute Gasteiger partial charge is 0.216 e. The van der Waals surface area contributed by atoms with E-state index in [1.54, 1.807) is 30.1 Å². The van der Waals surface area contributed by atoms with Gasteiger partial charge in [0.25, 0.3) is 0 Å². The number of nitrogens with zero attached hydrogens (tertiary/aromatic N) is 3. The number of rotatable bonds is 5. The fourth-order valence-electron chi connectivity index (χ4n) is 3.04. The molecule has 0 aliphatic carbocycles. The zero-order chi connectivity index (χ0) is 19.5. The van der Waals surface area contributed by atoms with Crippen LogP contribution in [-0.4, -0.2) is 28.2 Å². The molecule has 1 N–H and O–H groups in total. The summed E-state index contributed by atoms with van der Waals surface area (Å²) in [4.78, 5) is 0. The van der Waals surface area contributed by atoms with E-state index in [2.05, 4.69) is 15.3 Å². The molecule has 7 heteroatoms. The van der Waals surface area contributed by atoms with Crippen molar-refractivity contribution in [3.05, 3.63) is 88.2 Å². The van der Waals surface area contributed by atoms with Crippen LogP contribution in [0, 0.1) is 10.6 Å². The molecular weight excluding hydrogens is 375 g/mol. The second-order valence-corrected chi connectivity index (χ2v) is 6.59. The van der Waals surface area contributed by atoms with Gasteiger partial charge in [-0.2, -0.15) is 14.9 Å². The van der Waals surface area contributed by atoms with E-state index in [0.29, 0.717) is 17.0 Å². The molecule has 0 aliphatic heterocycles. The number of methoxy groups -OCH3 is 1. The Bertz CT molecular complexity index is 1210. The quantitative estimate of drug-likeness (QED) is 0.395. The normalized spacial score (nSPS) is 11.4. The van der Waals surface area contributed by atoms with Gasteiger partial charge in [-0.05, 0) is 46.8 Å². The van der Waals surface area contributed by atoms with Crippen molar-refractivity contribution in [2.75, 3.05) is 7.11 Å². The first kappa shape index (κ1) is 18.1. The zero-order valence-electron chi connectivity index (χ0n) is 15.1. The predicted octanol–water partition coefficient (Wildman–Crippen LogP) is 4.71. The standard InChI is InChI=1S/C21H17FN4OS/c1-27-19-11-8-15-4-2-3-5-17(15)18(19)13-23-26-20(24-25-21(26)28)12-14-6-9-16(22)10-7-14/h2-11,13H,12H2,1H3,(H,25,28)/b23-13-. The molecule has 1 heterocycles. The third kappa shape index (κ3) is 3.57. The van der Waals surface area contributed by atoms with Crippen LogP contribution in [0.1, 0.15) is 17.0 Å². The minimum absolute atomic E-state index is 0.274. The highest BCUT2D eigenvalue weighted by molar-refractivity contribution is 7.71. The van der Waals surface area contributed by atoms with Crippen molar-refractivity contribution in [2.24, 2.45) is 5.10 Å². The number of benzene rings is 3. The Kier molecular flexibility index (Phi) is 4.99. The highest BCUT2D eigenvalue weighted by Crippen LogP contribution is 2.26. The third-order valence-corrected chi connectivity index (χ3v) is 4.71. The van der Waals surface area contributed by atoms with Gasteiger partial charge in [0.1, 0.15) is 11.6 Å². The van der Waals surface area contributed by atoms with Crippen LogP contribution in [-0.2, 0) is 6.42 Å². The first-order valence-electron chi connectivity index (χ1n) is 8.66. The van der Waals surface area contributed by atoms with Gasteiger partial charge in [0.15, 0.2) is 5.82 Å². The van der Waals surface area contributed by atoms with Crippen LogP contribution in [0.5, 0.6) is 5.75 Å². The molecule has 4 aromatic rings. The molecule has 0 bridgehead atoms. The lowest BCUT2D eigenvalue weighted by Gasteiger charge is -2.08. The monoisotopic (exact) mass is 392 g/mol. The maximum Gasteiger partial charge on any atom is 0.216 e. The molecule has 3 aromatic carbocycles. The lowest BCUT2D eigenvalue weighted by atomic mass is 10.0. The molecule has 140 valence electrons. The van der Waals surface area contributed by atoms with E-state index < -0.39 is 0 Å². The van der Waals surface area contributed by atoms with Gasteiger partial charge in [-0.3, -0.25) is 5.10 Å². The Balaban J connectivity index is 1.73. The number of hydrogen-bond acceptors (Lipinski definition) is 4. The average Bonchev–Trinajstić information content (AvgIpc) is 3.07. The third-order valence-electron chi connectivity index (χ3n) is 4.45. The molecule has 0 unspecified atom stereocenters. The topological polar surface area (TPSA) is 55.2 Å². The molecule has 0 saturated carbocycles. The van der Waals surface area contributed by atoms with Gasteiger partial charge in [0.05, 0.1) is 13.3 Å². The largest absolute Gasteiger partial charge is 0.496 e. The van der Waals surface area contributed by atoms with Crippen LogP contribution in [0.4, 0.5) is 4.39 Å². The predicted molar refractivity (Wildman–Crippen MR) is 110 cm³/mol. The Labute approximate surface area is 166 Å². The highest BCUT2D eigenvalue weighted by atomic mass is 32.1. The summed E-state index contributed by atoms with van der Waals surface area (Å²) >= 11 is 5.32. The summed E-state index contributed by atoms with van der Waals surface area (Å²) in [6.45, 7) is 0.